The number of nitrogens with one attached hydrogen (secondary N) is 1. The zero-order valence-electron chi connectivity index (χ0n) is 16.2. The number of hydrogen-bond acceptors (Lipinski definition) is 5. The number of nitro groups is 1. The molecule has 7 nitrogen and oxygen atoms in total. The van der Waals surface area contributed by atoms with Crippen LogP contribution in [0.15, 0.2) is 41.3 Å². The van der Waals surface area contributed by atoms with E-state index >= 15 is 0 Å². The number of rotatable bonds is 8. The van der Waals surface area contributed by atoms with Gasteiger partial charge in [0.15, 0.2) is 9.84 Å². The lowest BCUT2D eigenvalue weighted by Crippen LogP contribution is -2.24. The molecule has 2 aromatic carbocycles. The summed E-state index contributed by atoms with van der Waals surface area (Å²) in [6, 6.07) is 8.12. The summed E-state index contributed by atoms with van der Waals surface area (Å²) in [7, 11) is -4.13. The average molecular weight is 471 g/mol. The summed E-state index contributed by atoms with van der Waals surface area (Å²) in [6.07, 6.45) is 3.15. The van der Waals surface area contributed by atoms with Crippen molar-refractivity contribution in [2.75, 3.05) is 5.32 Å². The lowest BCUT2D eigenvalue weighted by molar-refractivity contribution is -0.387. The fourth-order valence-corrected chi connectivity index (χ4v) is 5.69. The summed E-state index contributed by atoms with van der Waals surface area (Å²) in [6.45, 7) is 1.99. The molecular formula is C20H20Cl2N2O5S. The van der Waals surface area contributed by atoms with Gasteiger partial charge in [-0.3, -0.25) is 14.9 Å². The molecule has 30 heavy (non-hydrogen) atoms. The Hall–Kier alpha value is -2.16. The molecule has 0 heterocycles. The number of sulfone groups is 1. The zero-order chi connectivity index (χ0) is 22.1. The van der Waals surface area contributed by atoms with Gasteiger partial charge in [-0.1, -0.05) is 42.6 Å². The van der Waals surface area contributed by atoms with Gasteiger partial charge in [-0.05, 0) is 43.5 Å². The Morgan fingerprint density at radius 3 is 2.37 bits per heavy atom. The van der Waals surface area contributed by atoms with E-state index in [1.54, 1.807) is 6.07 Å². The molecule has 1 fully saturated rings. The summed E-state index contributed by atoms with van der Waals surface area (Å²) in [4.78, 5) is 22.9. The van der Waals surface area contributed by atoms with Crippen molar-refractivity contribution in [3.05, 3.63) is 62.1 Å². The zero-order valence-corrected chi connectivity index (χ0v) is 18.5. The molecule has 10 heteroatoms. The average Bonchev–Trinajstić information content (AvgIpc) is 3.46. The molecule has 0 radical (unpaired) electrons. The second-order valence-corrected chi connectivity index (χ2v) is 10.2. The lowest BCUT2D eigenvalue weighted by Gasteiger charge is -2.15. The van der Waals surface area contributed by atoms with Crippen molar-refractivity contribution in [1.82, 2.24) is 0 Å². The topological polar surface area (TPSA) is 106 Å². The number of carbonyl (C=O) groups is 1. The van der Waals surface area contributed by atoms with Gasteiger partial charge < -0.3 is 5.32 Å². The Morgan fingerprint density at radius 2 is 1.83 bits per heavy atom. The van der Waals surface area contributed by atoms with Crippen molar-refractivity contribution in [1.29, 1.82) is 0 Å². The first-order chi connectivity index (χ1) is 14.1. The van der Waals surface area contributed by atoms with Gasteiger partial charge in [0.1, 0.15) is 4.90 Å². The highest BCUT2D eigenvalue weighted by atomic mass is 35.5. The van der Waals surface area contributed by atoms with Crippen molar-refractivity contribution in [3.8, 4) is 0 Å². The van der Waals surface area contributed by atoms with Crippen LogP contribution in [0.4, 0.5) is 11.4 Å². The van der Waals surface area contributed by atoms with Crippen molar-refractivity contribution >= 4 is 50.3 Å². The first-order valence-corrected chi connectivity index (χ1v) is 11.8. The Kier molecular flexibility index (Phi) is 6.40. The van der Waals surface area contributed by atoms with E-state index < -0.39 is 36.5 Å². The van der Waals surface area contributed by atoms with Crippen LogP contribution in [0, 0.1) is 15.5 Å². The maximum absolute atomic E-state index is 12.9. The number of hydrogen-bond donors (Lipinski definition) is 1. The molecule has 1 aliphatic rings. The van der Waals surface area contributed by atoms with Crippen LogP contribution in [0.25, 0.3) is 0 Å². The predicted molar refractivity (Wildman–Crippen MR) is 116 cm³/mol. The number of carbonyl (C=O) groups excluding carboxylic acids is 1. The van der Waals surface area contributed by atoms with Crippen LogP contribution in [0.1, 0.15) is 38.2 Å². The van der Waals surface area contributed by atoms with Crippen LogP contribution in [-0.4, -0.2) is 19.2 Å². The SMILES string of the molecule is CCCC1(C(=O)Nc2ccc(S(=O)(=O)Cc3c(Cl)cccc3Cl)c([N+](=O)[O-])c2)CC1. The van der Waals surface area contributed by atoms with Gasteiger partial charge in [-0.2, -0.15) is 0 Å². The van der Waals surface area contributed by atoms with Gasteiger partial charge in [0, 0.05) is 32.8 Å². The van der Waals surface area contributed by atoms with Crippen LogP contribution in [0.2, 0.25) is 10.0 Å². The first-order valence-electron chi connectivity index (χ1n) is 9.35. The molecule has 1 saturated carbocycles. The second kappa shape index (κ2) is 8.53. The van der Waals surface area contributed by atoms with Crippen LogP contribution in [0.3, 0.4) is 0 Å². The molecule has 0 unspecified atom stereocenters. The van der Waals surface area contributed by atoms with E-state index in [4.69, 9.17) is 23.2 Å². The minimum Gasteiger partial charge on any atom is -0.325 e. The highest BCUT2D eigenvalue weighted by Crippen LogP contribution is 2.50. The van der Waals surface area contributed by atoms with E-state index in [1.807, 2.05) is 6.92 Å². The molecular weight excluding hydrogens is 451 g/mol. The van der Waals surface area contributed by atoms with Gasteiger partial charge in [0.25, 0.3) is 5.69 Å². The number of benzene rings is 2. The van der Waals surface area contributed by atoms with Gasteiger partial charge >= 0.3 is 0 Å². The molecule has 1 N–H and O–H groups in total. The standard InChI is InChI=1S/C20H20Cl2N2O5S/c1-2-8-20(9-10-20)19(25)23-13-6-7-18(17(11-13)24(26)27)30(28,29)12-14-15(21)4-3-5-16(14)22/h3-7,11H,2,8-10,12H2,1H3,(H,23,25). The highest BCUT2D eigenvalue weighted by molar-refractivity contribution is 7.90. The minimum atomic E-state index is -4.13. The third-order valence-electron chi connectivity index (χ3n) is 5.21. The van der Waals surface area contributed by atoms with Gasteiger partial charge in [-0.15, -0.1) is 0 Å². The number of nitro benzene ring substituents is 1. The van der Waals surface area contributed by atoms with E-state index in [2.05, 4.69) is 5.32 Å². The molecule has 2 aromatic rings. The number of nitrogens with zero attached hydrogens (tertiary/aromatic N) is 1. The monoisotopic (exact) mass is 470 g/mol. The Morgan fingerprint density at radius 1 is 1.20 bits per heavy atom. The number of amides is 1. The molecule has 3 rings (SSSR count). The van der Waals surface area contributed by atoms with Crippen molar-refractivity contribution in [3.63, 3.8) is 0 Å². The van der Waals surface area contributed by atoms with E-state index in [0.29, 0.717) is 0 Å². The van der Waals surface area contributed by atoms with E-state index in [0.717, 1.165) is 37.8 Å². The maximum atomic E-state index is 12.9. The lowest BCUT2D eigenvalue weighted by atomic mass is 9.99. The van der Waals surface area contributed by atoms with Crippen LogP contribution >= 0.6 is 23.2 Å². The third-order valence-corrected chi connectivity index (χ3v) is 7.60. The Labute approximate surface area is 184 Å². The predicted octanol–water partition coefficient (Wildman–Crippen LogP) is 5.39. The van der Waals surface area contributed by atoms with E-state index in [1.165, 1.54) is 18.2 Å². The Bertz CT molecular complexity index is 1090. The van der Waals surface area contributed by atoms with Gasteiger partial charge in [-0.25, -0.2) is 8.42 Å². The highest BCUT2D eigenvalue weighted by Gasteiger charge is 2.48. The molecule has 0 spiro atoms. The molecule has 0 aromatic heterocycles. The minimum absolute atomic E-state index is 0.156. The quantitative estimate of drug-likeness (QED) is 0.410. The summed E-state index contributed by atoms with van der Waals surface area (Å²) < 4.78 is 25.8. The van der Waals surface area contributed by atoms with Crippen LogP contribution in [0.5, 0.6) is 0 Å². The van der Waals surface area contributed by atoms with E-state index in [9.17, 15) is 23.3 Å². The summed E-state index contributed by atoms with van der Waals surface area (Å²) in [5.41, 5.74) is -0.683. The summed E-state index contributed by atoms with van der Waals surface area (Å²) in [5.74, 6) is -0.783. The Balaban J connectivity index is 1.92. The van der Waals surface area contributed by atoms with Crippen molar-refractivity contribution in [2.24, 2.45) is 5.41 Å². The molecule has 0 saturated heterocycles. The van der Waals surface area contributed by atoms with E-state index in [-0.39, 0.29) is 27.2 Å². The fourth-order valence-electron chi connectivity index (χ4n) is 3.42. The largest absolute Gasteiger partial charge is 0.325 e. The molecule has 0 bridgehead atoms. The van der Waals surface area contributed by atoms with Crippen molar-refractivity contribution < 1.29 is 18.1 Å². The second-order valence-electron chi connectivity index (χ2n) is 7.38. The van der Waals surface area contributed by atoms with Crippen LogP contribution in [-0.2, 0) is 20.4 Å². The molecule has 160 valence electrons. The molecule has 0 aliphatic heterocycles. The van der Waals surface area contributed by atoms with Gasteiger partial charge in [0.2, 0.25) is 5.91 Å². The summed E-state index contributed by atoms with van der Waals surface area (Å²) >= 11 is 12.1. The third kappa shape index (κ3) is 4.61. The smallest absolute Gasteiger partial charge is 0.290 e. The van der Waals surface area contributed by atoms with Crippen molar-refractivity contribution in [2.45, 2.75) is 43.3 Å². The normalized spacial score (nSPS) is 14.9. The number of anilines is 1. The van der Waals surface area contributed by atoms with Gasteiger partial charge in [0.05, 0.1) is 10.7 Å². The molecule has 0 atom stereocenters. The fraction of sp³-hybridized carbons (Fsp3) is 0.350. The summed E-state index contributed by atoms with van der Waals surface area (Å²) in [5, 5.41) is 14.6. The van der Waals surface area contributed by atoms with Crippen LogP contribution < -0.4 is 5.32 Å². The first kappa shape index (κ1) is 22.5. The number of halogens is 2. The molecule has 1 amide bonds. The maximum Gasteiger partial charge on any atom is 0.290 e. The molecule has 1 aliphatic carbocycles.